The zero-order valence-corrected chi connectivity index (χ0v) is 14.2. The van der Waals surface area contributed by atoms with Crippen LogP contribution in [0.2, 0.25) is 0 Å². The third-order valence-electron chi connectivity index (χ3n) is 4.21. The number of aliphatic hydroxyl groups is 1. The summed E-state index contributed by atoms with van der Waals surface area (Å²) in [5.74, 6) is -0.134. The van der Waals surface area contributed by atoms with Gasteiger partial charge in [0, 0.05) is 38.3 Å². The fraction of sp³-hybridized carbons (Fsp3) is 0.500. The number of aliphatic hydroxyl groups excluding tert-OH is 1. The standard InChI is InChI=1S/C16H22N4O2S/c1-11-17-12(10-23-11)8-20-7-5-13(15(21)9-20)18-16(22)14-4-3-6-19(14)2/h3-4,6,10,13,15,21H,5,7-9H2,1-2H3,(H,18,22)/t13-,15-/m1/s1. The summed E-state index contributed by atoms with van der Waals surface area (Å²) >= 11 is 1.64. The number of piperidine rings is 1. The van der Waals surface area contributed by atoms with E-state index in [9.17, 15) is 9.90 Å². The van der Waals surface area contributed by atoms with Gasteiger partial charge < -0.3 is 15.0 Å². The quantitative estimate of drug-likeness (QED) is 0.880. The minimum Gasteiger partial charge on any atom is -0.390 e. The van der Waals surface area contributed by atoms with Crippen LogP contribution in [0.25, 0.3) is 0 Å². The zero-order chi connectivity index (χ0) is 16.4. The summed E-state index contributed by atoms with van der Waals surface area (Å²) < 4.78 is 1.78. The second-order valence-corrected chi connectivity index (χ2v) is 7.10. The number of aryl methyl sites for hydroxylation is 2. The van der Waals surface area contributed by atoms with Crippen LogP contribution in [0.3, 0.4) is 0 Å². The lowest BCUT2D eigenvalue weighted by Gasteiger charge is -2.35. The van der Waals surface area contributed by atoms with E-state index in [0.717, 1.165) is 30.2 Å². The van der Waals surface area contributed by atoms with Crippen molar-refractivity contribution in [2.45, 2.75) is 32.0 Å². The Morgan fingerprint density at radius 1 is 1.57 bits per heavy atom. The summed E-state index contributed by atoms with van der Waals surface area (Å²) in [5, 5.41) is 16.4. The average molecular weight is 334 g/mol. The van der Waals surface area contributed by atoms with Gasteiger partial charge >= 0.3 is 0 Å². The highest BCUT2D eigenvalue weighted by Crippen LogP contribution is 2.16. The van der Waals surface area contributed by atoms with E-state index in [1.807, 2.05) is 26.2 Å². The predicted molar refractivity (Wildman–Crippen MR) is 89.4 cm³/mol. The number of nitrogens with zero attached hydrogens (tertiary/aromatic N) is 3. The van der Waals surface area contributed by atoms with E-state index in [-0.39, 0.29) is 11.9 Å². The molecule has 0 radical (unpaired) electrons. The van der Waals surface area contributed by atoms with Gasteiger partial charge in [0.2, 0.25) is 0 Å². The maximum absolute atomic E-state index is 12.3. The van der Waals surface area contributed by atoms with Crippen molar-refractivity contribution in [1.29, 1.82) is 0 Å². The van der Waals surface area contributed by atoms with Crippen molar-refractivity contribution in [3.63, 3.8) is 0 Å². The first-order chi connectivity index (χ1) is 11.0. The Kier molecular flexibility index (Phi) is 4.79. The van der Waals surface area contributed by atoms with Crippen LogP contribution < -0.4 is 5.32 Å². The summed E-state index contributed by atoms with van der Waals surface area (Å²) in [6, 6.07) is 3.41. The molecule has 7 heteroatoms. The molecule has 1 fully saturated rings. The summed E-state index contributed by atoms with van der Waals surface area (Å²) in [6.07, 6.45) is 2.01. The van der Waals surface area contributed by atoms with Crippen molar-refractivity contribution in [2.75, 3.05) is 13.1 Å². The van der Waals surface area contributed by atoms with E-state index in [0.29, 0.717) is 12.2 Å². The van der Waals surface area contributed by atoms with Gasteiger partial charge in [-0.3, -0.25) is 9.69 Å². The molecule has 2 N–H and O–H groups in total. The summed E-state index contributed by atoms with van der Waals surface area (Å²) in [6.45, 7) is 4.13. The Labute approximate surface area is 139 Å². The Hall–Kier alpha value is -1.70. The minimum absolute atomic E-state index is 0.134. The normalized spacial score (nSPS) is 22.2. The van der Waals surface area contributed by atoms with Crippen LogP contribution in [0.1, 0.15) is 27.6 Å². The van der Waals surface area contributed by atoms with E-state index < -0.39 is 6.10 Å². The largest absolute Gasteiger partial charge is 0.390 e. The number of carbonyl (C=O) groups excluding carboxylic acids is 1. The van der Waals surface area contributed by atoms with Crippen LogP contribution in [0.4, 0.5) is 0 Å². The molecule has 2 aromatic rings. The van der Waals surface area contributed by atoms with Crippen molar-refractivity contribution in [1.82, 2.24) is 19.8 Å². The molecule has 2 aromatic heterocycles. The van der Waals surface area contributed by atoms with Gasteiger partial charge in [-0.05, 0) is 25.5 Å². The van der Waals surface area contributed by atoms with Crippen LogP contribution in [-0.2, 0) is 13.6 Å². The van der Waals surface area contributed by atoms with Gasteiger partial charge in [-0.1, -0.05) is 0 Å². The first-order valence-electron chi connectivity index (χ1n) is 7.76. The Bertz CT molecular complexity index is 681. The first kappa shape index (κ1) is 16.2. The maximum atomic E-state index is 12.3. The number of amides is 1. The smallest absolute Gasteiger partial charge is 0.268 e. The lowest BCUT2D eigenvalue weighted by Crippen LogP contribution is -2.54. The number of hydrogen-bond donors (Lipinski definition) is 2. The molecule has 1 aliphatic heterocycles. The zero-order valence-electron chi connectivity index (χ0n) is 13.4. The summed E-state index contributed by atoms with van der Waals surface area (Å²) in [7, 11) is 1.84. The Morgan fingerprint density at radius 2 is 2.39 bits per heavy atom. The molecule has 1 saturated heterocycles. The number of β-amino-alcohol motifs (C(OH)–C–C–N with tert-alkyl or cyclic N) is 1. The number of aromatic nitrogens is 2. The molecule has 124 valence electrons. The Balaban J connectivity index is 1.54. The van der Waals surface area contributed by atoms with Crippen molar-refractivity contribution in [3.05, 3.63) is 40.1 Å². The van der Waals surface area contributed by atoms with Crippen LogP contribution in [0, 0.1) is 6.92 Å². The van der Waals surface area contributed by atoms with Crippen LogP contribution in [0.15, 0.2) is 23.7 Å². The molecule has 23 heavy (non-hydrogen) atoms. The molecule has 3 heterocycles. The van der Waals surface area contributed by atoms with Gasteiger partial charge in [-0.15, -0.1) is 11.3 Å². The second-order valence-electron chi connectivity index (χ2n) is 6.03. The second kappa shape index (κ2) is 6.82. The predicted octanol–water partition coefficient (Wildman–Crippen LogP) is 1.16. The highest BCUT2D eigenvalue weighted by atomic mass is 32.1. The van der Waals surface area contributed by atoms with Gasteiger partial charge in [0.25, 0.3) is 5.91 Å². The van der Waals surface area contributed by atoms with Gasteiger partial charge in [0.1, 0.15) is 5.69 Å². The highest BCUT2D eigenvalue weighted by molar-refractivity contribution is 7.09. The highest BCUT2D eigenvalue weighted by Gasteiger charge is 2.29. The molecule has 6 nitrogen and oxygen atoms in total. The van der Waals surface area contributed by atoms with Gasteiger partial charge in [-0.25, -0.2) is 4.98 Å². The molecule has 2 atom stereocenters. The van der Waals surface area contributed by atoms with E-state index in [1.165, 1.54) is 0 Å². The van der Waals surface area contributed by atoms with Crippen molar-refractivity contribution in [3.8, 4) is 0 Å². The van der Waals surface area contributed by atoms with Crippen molar-refractivity contribution in [2.24, 2.45) is 7.05 Å². The van der Waals surface area contributed by atoms with Crippen molar-refractivity contribution < 1.29 is 9.90 Å². The number of thiazole rings is 1. The number of hydrogen-bond acceptors (Lipinski definition) is 5. The van der Waals surface area contributed by atoms with Gasteiger partial charge in [0.15, 0.2) is 0 Å². The molecule has 1 aliphatic rings. The van der Waals surface area contributed by atoms with Gasteiger partial charge in [-0.2, -0.15) is 0 Å². The van der Waals surface area contributed by atoms with Crippen LogP contribution in [0.5, 0.6) is 0 Å². The van der Waals surface area contributed by atoms with Crippen LogP contribution in [-0.4, -0.2) is 50.7 Å². The molecular formula is C16H22N4O2S. The molecule has 0 aliphatic carbocycles. The number of likely N-dealkylation sites (tertiary alicyclic amines) is 1. The fourth-order valence-electron chi connectivity index (χ4n) is 2.96. The van der Waals surface area contributed by atoms with E-state index in [4.69, 9.17) is 0 Å². The van der Waals surface area contributed by atoms with E-state index in [1.54, 1.807) is 22.0 Å². The summed E-state index contributed by atoms with van der Waals surface area (Å²) in [5.41, 5.74) is 1.66. The third kappa shape index (κ3) is 3.80. The first-order valence-corrected chi connectivity index (χ1v) is 8.64. The maximum Gasteiger partial charge on any atom is 0.268 e. The lowest BCUT2D eigenvalue weighted by atomic mass is 10.0. The average Bonchev–Trinajstić information content (AvgIpc) is 3.10. The van der Waals surface area contributed by atoms with Gasteiger partial charge in [0.05, 0.1) is 22.8 Å². The molecule has 3 rings (SSSR count). The number of rotatable bonds is 4. The Morgan fingerprint density at radius 3 is 3.00 bits per heavy atom. The van der Waals surface area contributed by atoms with E-state index >= 15 is 0 Å². The van der Waals surface area contributed by atoms with E-state index in [2.05, 4.69) is 20.6 Å². The molecule has 0 saturated carbocycles. The summed E-state index contributed by atoms with van der Waals surface area (Å²) in [4.78, 5) is 18.9. The lowest BCUT2D eigenvalue weighted by molar-refractivity contribution is 0.0344. The molecule has 0 spiro atoms. The third-order valence-corrected chi connectivity index (χ3v) is 5.03. The SMILES string of the molecule is Cc1nc(CN2CC[C@@H](NC(=O)c3cccn3C)[C@H](O)C2)cs1. The van der Waals surface area contributed by atoms with Crippen LogP contribution >= 0.6 is 11.3 Å². The molecule has 0 unspecified atom stereocenters. The minimum atomic E-state index is -0.562. The molecule has 0 bridgehead atoms. The monoisotopic (exact) mass is 334 g/mol. The molecular weight excluding hydrogens is 312 g/mol. The topological polar surface area (TPSA) is 70.4 Å². The molecule has 1 amide bonds. The molecule has 0 aromatic carbocycles. The number of nitrogens with one attached hydrogen (secondary N) is 1. The van der Waals surface area contributed by atoms with Crippen molar-refractivity contribution >= 4 is 17.2 Å². The number of carbonyl (C=O) groups is 1. The fourth-order valence-corrected chi connectivity index (χ4v) is 3.56.